The summed E-state index contributed by atoms with van der Waals surface area (Å²) < 4.78 is 5.54. The highest BCUT2D eigenvalue weighted by Gasteiger charge is 2.08. The average Bonchev–Trinajstić information content (AvgIpc) is 2.93. The first-order valence-corrected chi connectivity index (χ1v) is 6.35. The second-order valence-corrected chi connectivity index (χ2v) is 4.45. The summed E-state index contributed by atoms with van der Waals surface area (Å²) in [6.07, 6.45) is 8.98. The molecule has 3 aromatic heterocycles. The molecule has 96 valence electrons. The van der Waals surface area contributed by atoms with Gasteiger partial charge in [-0.1, -0.05) is 0 Å². The number of nitrogens with zero attached hydrogens (tertiary/aromatic N) is 2. The molecule has 2 N–H and O–H groups in total. The summed E-state index contributed by atoms with van der Waals surface area (Å²) in [5.41, 5.74) is 9.53. The van der Waals surface area contributed by atoms with Crippen molar-refractivity contribution in [1.82, 2.24) is 9.97 Å². The highest BCUT2D eigenvalue weighted by Crippen LogP contribution is 2.28. The normalized spacial score (nSPS) is 11.0. The van der Waals surface area contributed by atoms with Gasteiger partial charge in [-0.25, -0.2) is 0 Å². The molecule has 0 amide bonds. The summed E-state index contributed by atoms with van der Waals surface area (Å²) in [5, 5.41) is 1.01. The average molecular weight is 253 g/mol. The van der Waals surface area contributed by atoms with Crippen LogP contribution < -0.4 is 5.73 Å². The summed E-state index contributed by atoms with van der Waals surface area (Å²) >= 11 is 0. The van der Waals surface area contributed by atoms with Crippen molar-refractivity contribution in [2.75, 3.05) is 6.54 Å². The van der Waals surface area contributed by atoms with E-state index in [1.807, 2.05) is 24.5 Å². The molecule has 3 heterocycles. The summed E-state index contributed by atoms with van der Waals surface area (Å²) in [7, 11) is 0. The summed E-state index contributed by atoms with van der Waals surface area (Å²) in [6, 6.07) is 5.97. The van der Waals surface area contributed by atoms with Crippen molar-refractivity contribution in [3.8, 4) is 11.1 Å². The van der Waals surface area contributed by atoms with Crippen molar-refractivity contribution in [3.63, 3.8) is 0 Å². The van der Waals surface area contributed by atoms with Gasteiger partial charge in [0.15, 0.2) is 0 Å². The zero-order valence-electron chi connectivity index (χ0n) is 10.5. The van der Waals surface area contributed by atoms with Crippen LogP contribution in [0, 0.1) is 0 Å². The van der Waals surface area contributed by atoms with Crippen molar-refractivity contribution < 1.29 is 4.42 Å². The van der Waals surface area contributed by atoms with Gasteiger partial charge in [0.1, 0.15) is 5.58 Å². The topological polar surface area (TPSA) is 64.9 Å². The van der Waals surface area contributed by atoms with E-state index >= 15 is 0 Å². The van der Waals surface area contributed by atoms with Crippen molar-refractivity contribution in [2.24, 2.45) is 5.73 Å². The Hall–Kier alpha value is -2.20. The van der Waals surface area contributed by atoms with Gasteiger partial charge in [-0.15, -0.1) is 0 Å². The second-order valence-electron chi connectivity index (χ2n) is 4.45. The van der Waals surface area contributed by atoms with Crippen molar-refractivity contribution in [2.45, 2.75) is 12.8 Å². The van der Waals surface area contributed by atoms with Crippen LogP contribution in [-0.4, -0.2) is 16.5 Å². The molecule has 0 aliphatic heterocycles. The molecule has 0 aliphatic carbocycles. The number of pyridine rings is 2. The zero-order valence-corrected chi connectivity index (χ0v) is 10.5. The number of nitrogens with two attached hydrogens (primary N) is 1. The van der Waals surface area contributed by atoms with Gasteiger partial charge >= 0.3 is 0 Å². The molecule has 0 atom stereocenters. The van der Waals surface area contributed by atoms with E-state index in [4.69, 9.17) is 10.2 Å². The Bertz CT molecular complexity index is 690. The highest BCUT2D eigenvalue weighted by molar-refractivity contribution is 5.91. The maximum atomic E-state index is 5.54. The van der Waals surface area contributed by atoms with Crippen LogP contribution in [0.3, 0.4) is 0 Å². The molecule has 0 bridgehead atoms. The number of aryl methyl sites for hydroxylation is 1. The molecule has 0 spiro atoms. The minimum Gasteiger partial charge on any atom is -0.464 e. The molecule has 4 heteroatoms. The van der Waals surface area contributed by atoms with Crippen molar-refractivity contribution in [1.29, 1.82) is 0 Å². The lowest BCUT2D eigenvalue weighted by Gasteiger charge is -2.04. The Morgan fingerprint density at radius 2 is 2.16 bits per heavy atom. The summed E-state index contributed by atoms with van der Waals surface area (Å²) in [6.45, 7) is 0.682. The Morgan fingerprint density at radius 1 is 1.21 bits per heavy atom. The van der Waals surface area contributed by atoms with E-state index in [2.05, 4.69) is 16.0 Å². The van der Waals surface area contributed by atoms with Crippen molar-refractivity contribution >= 4 is 11.0 Å². The van der Waals surface area contributed by atoms with E-state index in [0.717, 1.165) is 40.6 Å². The number of hydrogen-bond donors (Lipinski definition) is 1. The molecule has 0 radical (unpaired) electrons. The maximum Gasteiger partial charge on any atom is 0.144 e. The first-order valence-electron chi connectivity index (χ1n) is 6.35. The molecular formula is C15H15N3O. The van der Waals surface area contributed by atoms with Crippen LogP contribution in [0.4, 0.5) is 0 Å². The van der Waals surface area contributed by atoms with E-state index in [1.165, 1.54) is 0 Å². The molecule has 0 saturated carbocycles. The van der Waals surface area contributed by atoms with Gasteiger partial charge in [0.05, 0.1) is 6.26 Å². The lowest BCUT2D eigenvalue weighted by Crippen LogP contribution is -2.01. The number of fused-ring (bicyclic) bond motifs is 1. The number of furan rings is 1. The molecule has 0 saturated heterocycles. The fourth-order valence-corrected chi connectivity index (χ4v) is 2.16. The molecule has 0 unspecified atom stereocenters. The number of rotatable bonds is 4. The van der Waals surface area contributed by atoms with Gasteiger partial charge in [-0.05, 0) is 43.1 Å². The molecule has 3 rings (SSSR count). The maximum absolute atomic E-state index is 5.54. The Morgan fingerprint density at radius 3 is 3.05 bits per heavy atom. The molecule has 4 nitrogen and oxygen atoms in total. The van der Waals surface area contributed by atoms with E-state index in [0.29, 0.717) is 6.54 Å². The van der Waals surface area contributed by atoms with Gasteiger partial charge in [0.25, 0.3) is 0 Å². The predicted octanol–water partition coefficient (Wildman–Crippen LogP) is 2.78. The molecule has 19 heavy (non-hydrogen) atoms. The van der Waals surface area contributed by atoms with Crippen LogP contribution in [0.25, 0.3) is 22.1 Å². The Balaban J connectivity index is 2.03. The van der Waals surface area contributed by atoms with Crippen LogP contribution in [0.1, 0.15) is 12.1 Å². The lowest BCUT2D eigenvalue weighted by molar-refractivity contribution is 0.616. The zero-order chi connectivity index (χ0) is 13.1. The lowest BCUT2D eigenvalue weighted by atomic mass is 10.1. The fraction of sp³-hybridized carbons (Fsp3) is 0.200. The monoisotopic (exact) mass is 253 g/mol. The van der Waals surface area contributed by atoms with Crippen LogP contribution >= 0.6 is 0 Å². The summed E-state index contributed by atoms with van der Waals surface area (Å²) in [5.74, 6) is 0. The molecule has 0 aromatic carbocycles. The van der Waals surface area contributed by atoms with Gasteiger partial charge in [-0.2, -0.15) is 0 Å². The first-order chi connectivity index (χ1) is 9.38. The third kappa shape index (κ3) is 2.35. The summed E-state index contributed by atoms with van der Waals surface area (Å²) in [4.78, 5) is 8.62. The van der Waals surface area contributed by atoms with Gasteiger partial charge in [0.2, 0.25) is 0 Å². The second kappa shape index (κ2) is 5.20. The van der Waals surface area contributed by atoms with Gasteiger partial charge in [-0.3, -0.25) is 9.97 Å². The van der Waals surface area contributed by atoms with E-state index in [1.54, 1.807) is 12.5 Å². The van der Waals surface area contributed by atoms with Crippen LogP contribution in [0.2, 0.25) is 0 Å². The third-order valence-corrected chi connectivity index (χ3v) is 3.12. The molecule has 3 aromatic rings. The number of aromatic nitrogens is 2. The van der Waals surface area contributed by atoms with Crippen LogP contribution in [0.5, 0.6) is 0 Å². The quantitative estimate of drug-likeness (QED) is 0.776. The smallest absolute Gasteiger partial charge is 0.144 e. The Labute approximate surface area is 111 Å². The molecular weight excluding hydrogens is 238 g/mol. The highest BCUT2D eigenvalue weighted by atomic mass is 16.3. The SMILES string of the molecule is NCCCc1cc(-c2cncc3ccoc23)ccn1. The Kier molecular flexibility index (Phi) is 3.25. The van der Waals surface area contributed by atoms with Gasteiger partial charge < -0.3 is 10.2 Å². The molecule has 0 fully saturated rings. The largest absolute Gasteiger partial charge is 0.464 e. The van der Waals surface area contributed by atoms with E-state index < -0.39 is 0 Å². The van der Waals surface area contributed by atoms with Crippen LogP contribution in [-0.2, 0) is 6.42 Å². The van der Waals surface area contributed by atoms with E-state index in [-0.39, 0.29) is 0 Å². The fourth-order valence-electron chi connectivity index (χ4n) is 2.16. The molecule has 0 aliphatic rings. The predicted molar refractivity (Wildman–Crippen MR) is 74.6 cm³/mol. The standard InChI is InChI=1S/C15H15N3O/c16-5-1-2-13-8-11(3-6-18-13)14-10-17-9-12-4-7-19-15(12)14/h3-4,6-10H,1-2,5,16H2. The number of hydrogen-bond acceptors (Lipinski definition) is 4. The first kappa shape index (κ1) is 11.9. The van der Waals surface area contributed by atoms with Gasteiger partial charge in [0, 0.05) is 35.2 Å². The van der Waals surface area contributed by atoms with E-state index in [9.17, 15) is 0 Å². The minimum absolute atomic E-state index is 0.682. The van der Waals surface area contributed by atoms with Crippen molar-refractivity contribution in [3.05, 3.63) is 48.7 Å². The third-order valence-electron chi connectivity index (χ3n) is 3.12. The minimum atomic E-state index is 0.682. The van der Waals surface area contributed by atoms with Crippen LogP contribution in [0.15, 0.2) is 47.5 Å².